The smallest absolute Gasteiger partial charge is 0.266 e. The quantitative estimate of drug-likeness (QED) is 0.376. The molecule has 2 aromatic carbocycles. The second-order valence-corrected chi connectivity index (χ2v) is 8.77. The van der Waals surface area contributed by atoms with Crippen LogP contribution in [0.3, 0.4) is 0 Å². The third-order valence-electron chi connectivity index (χ3n) is 6.65. The maximum atomic E-state index is 13.4. The Morgan fingerprint density at radius 3 is 2.40 bits per heavy atom. The topological polar surface area (TPSA) is 115 Å². The molecule has 0 atom stereocenters. The number of nitrogens with two attached hydrogens (primary N) is 1. The summed E-state index contributed by atoms with van der Waals surface area (Å²) in [6, 6.07) is 17.7. The standard InChI is InChI=1S/C26H27N5O3.ClH/c1-28-19(32)15-29-25-30-23-21(24(33)31(25)2)20(16-7-4-3-5-8-16)22(34-23)17-9-11-18(12-10-17)26(27)13-6-14-26;/h3-5,7-12H,6,13-15,27H2,1-2H3,(H,28,32)(H,29,30);1H. The van der Waals surface area contributed by atoms with Gasteiger partial charge in [0, 0.05) is 30.8 Å². The molecule has 182 valence electrons. The van der Waals surface area contributed by atoms with Gasteiger partial charge in [0.05, 0.1) is 6.54 Å². The molecule has 1 aliphatic rings. The number of carbonyl (C=O) groups excluding carboxylic acids is 1. The van der Waals surface area contributed by atoms with Crippen molar-refractivity contribution in [1.29, 1.82) is 0 Å². The van der Waals surface area contributed by atoms with Gasteiger partial charge in [-0.3, -0.25) is 14.2 Å². The molecule has 0 bridgehead atoms. The first-order chi connectivity index (χ1) is 16.4. The average Bonchev–Trinajstić information content (AvgIpc) is 3.23. The van der Waals surface area contributed by atoms with Crippen LogP contribution in [0.1, 0.15) is 24.8 Å². The SMILES string of the molecule is CNC(=O)CNc1nc2oc(-c3ccc(C4(N)CCC4)cc3)c(-c3ccccc3)c2c(=O)n1C.Cl. The lowest BCUT2D eigenvalue weighted by Crippen LogP contribution is -2.43. The lowest BCUT2D eigenvalue weighted by atomic mass is 9.72. The van der Waals surface area contributed by atoms with Crippen molar-refractivity contribution in [2.75, 3.05) is 18.9 Å². The van der Waals surface area contributed by atoms with Crippen LogP contribution in [0.15, 0.2) is 63.8 Å². The molecule has 1 aliphatic carbocycles. The van der Waals surface area contributed by atoms with Gasteiger partial charge in [0.2, 0.25) is 17.6 Å². The highest BCUT2D eigenvalue weighted by Crippen LogP contribution is 2.42. The number of nitrogens with one attached hydrogen (secondary N) is 2. The zero-order valence-electron chi connectivity index (χ0n) is 19.6. The maximum absolute atomic E-state index is 13.4. The molecule has 5 rings (SSSR count). The Morgan fingerprint density at radius 2 is 1.80 bits per heavy atom. The molecule has 2 aromatic heterocycles. The van der Waals surface area contributed by atoms with Crippen LogP contribution in [0.25, 0.3) is 33.6 Å². The summed E-state index contributed by atoms with van der Waals surface area (Å²) in [4.78, 5) is 29.7. The first-order valence-electron chi connectivity index (χ1n) is 11.3. The van der Waals surface area contributed by atoms with Crippen molar-refractivity contribution in [3.63, 3.8) is 0 Å². The van der Waals surface area contributed by atoms with E-state index in [2.05, 4.69) is 15.6 Å². The number of nitrogens with zero attached hydrogens (tertiary/aromatic N) is 2. The van der Waals surface area contributed by atoms with Crippen molar-refractivity contribution in [2.24, 2.45) is 12.8 Å². The van der Waals surface area contributed by atoms with Gasteiger partial charge in [-0.15, -0.1) is 12.4 Å². The minimum absolute atomic E-state index is 0. The van der Waals surface area contributed by atoms with Crippen LogP contribution in [-0.4, -0.2) is 29.1 Å². The average molecular weight is 494 g/mol. The van der Waals surface area contributed by atoms with E-state index >= 15 is 0 Å². The number of rotatable bonds is 6. The summed E-state index contributed by atoms with van der Waals surface area (Å²) >= 11 is 0. The van der Waals surface area contributed by atoms with Crippen molar-refractivity contribution >= 4 is 35.4 Å². The number of halogens is 1. The number of benzene rings is 2. The summed E-state index contributed by atoms with van der Waals surface area (Å²) < 4.78 is 7.62. The Hall–Kier alpha value is -3.62. The van der Waals surface area contributed by atoms with E-state index in [1.807, 2.05) is 54.6 Å². The van der Waals surface area contributed by atoms with Crippen molar-refractivity contribution in [3.05, 3.63) is 70.5 Å². The molecule has 9 heteroatoms. The molecule has 4 N–H and O–H groups in total. The molecule has 0 radical (unpaired) electrons. The summed E-state index contributed by atoms with van der Waals surface area (Å²) in [7, 11) is 3.17. The number of hydrogen-bond acceptors (Lipinski definition) is 6. The van der Waals surface area contributed by atoms with Crippen LogP contribution >= 0.6 is 12.4 Å². The molecular formula is C26H28ClN5O3. The second kappa shape index (κ2) is 9.56. The van der Waals surface area contributed by atoms with Crippen LogP contribution < -0.4 is 21.9 Å². The van der Waals surface area contributed by atoms with E-state index in [0.29, 0.717) is 16.7 Å². The van der Waals surface area contributed by atoms with E-state index < -0.39 is 0 Å². The number of likely N-dealkylation sites (N-methyl/N-ethyl adjacent to an activating group) is 1. The van der Waals surface area contributed by atoms with Crippen molar-refractivity contribution in [1.82, 2.24) is 14.9 Å². The molecule has 0 saturated heterocycles. The maximum Gasteiger partial charge on any atom is 0.266 e. The Labute approximate surface area is 209 Å². The molecule has 1 amide bonds. The van der Waals surface area contributed by atoms with Crippen molar-refractivity contribution < 1.29 is 9.21 Å². The molecule has 2 heterocycles. The fraction of sp³-hybridized carbons (Fsp3) is 0.269. The minimum atomic E-state index is -0.259. The Balaban J connectivity index is 0.00000289. The molecule has 0 unspecified atom stereocenters. The van der Waals surface area contributed by atoms with Gasteiger partial charge >= 0.3 is 0 Å². The molecule has 0 aliphatic heterocycles. The van der Waals surface area contributed by atoms with Gasteiger partial charge in [-0.05, 0) is 30.4 Å². The largest absolute Gasteiger partial charge is 0.437 e. The van der Waals surface area contributed by atoms with E-state index in [1.54, 1.807) is 14.1 Å². The highest BCUT2D eigenvalue weighted by atomic mass is 35.5. The lowest BCUT2D eigenvalue weighted by molar-refractivity contribution is -0.118. The molecule has 8 nitrogen and oxygen atoms in total. The summed E-state index contributed by atoms with van der Waals surface area (Å²) in [5, 5.41) is 5.84. The van der Waals surface area contributed by atoms with E-state index in [9.17, 15) is 9.59 Å². The van der Waals surface area contributed by atoms with E-state index in [0.717, 1.165) is 36.0 Å². The highest BCUT2D eigenvalue weighted by molar-refractivity contribution is 6.00. The second-order valence-electron chi connectivity index (χ2n) is 8.77. The monoisotopic (exact) mass is 493 g/mol. The van der Waals surface area contributed by atoms with Gasteiger partial charge < -0.3 is 20.8 Å². The van der Waals surface area contributed by atoms with Crippen molar-refractivity contribution in [3.8, 4) is 22.5 Å². The number of carbonyl (C=O) groups is 1. The number of anilines is 1. The first-order valence-corrected chi connectivity index (χ1v) is 11.3. The highest BCUT2D eigenvalue weighted by Gasteiger charge is 2.34. The molecule has 35 heavy (non-hydrogen) atoms. The molecule has 1 fully saturated rings. The van der Waals surface area contributed by atoms with Crippen LogP contribution in [0, 0.1) is 0 Å². The van der Waals surface area contributed by atoms with Gasteiger partial charge in [0.15, 0.2) is 0 Å². The van der Waals surface area contributed by atoms with E-state index in [-0.39, 0.29) is 47.6 Å². The number of furan rings is 1. The number of amides is 1. The van der Waals surface area contributed by atoms with Crippen LogP contribution in [0.2, 0.25) is 0 Å². The van der Waals surface area contributed by atoms with Crippen LogP contribution in [0.5, 0.6) is 0 Å². The Kier molecular flexibility index (Phi) is 6.69. The Bertz CT molecular complexity index is 1420. The minimum Gasteiger partial charge on any atom is -0.437 e. The van der Waals surface area contributed by atoms with Gasteiger partial charge in [-0.25, -0.2) is 0 Å². The lowest BCUT2D eigenvalue weighted by Gasteiger charge is -2.38. The van der Waals surface area contributed by atoms with E-state index in [4.69, 9.17) is 10.2 Å². The number of aromatic nitrogens is 2. The predicted octanol–water partition coefficient (Wildman–Crippen LogP) is 3.78. The zero-order valence-corrected chi connectivity index (χ0v) is 20.4. The zero-order chi connectivity index (χ0) is 23.9. The summed E-state index contributed by atoms with van der Waals surface area (Å²) in [6.45, 7) is -0.0102. The van der Waals surface area contributed by atoms with Gasteiger partial charge in [-0.2, -0.15) is 4.98 Å². The van der Waals surface area contributed by atoms with E-state index in [1.165, 1.54) is 4.57 Å². The fourth-order valence-corrected chi connectivity index (χ4v) is 4.42. The van der Waals surface area contributed by atoms with Crippen LogP contribution in [-0.2, 0) is 17.4 Å². The van der Waals surface area contributed by atoms with Gasteiger partial charge in [0.1, 0.15) is 11.1 Å². The molecule has 4 aromatic rings. The van der Waals surface area contributed by atoms with Gasteiger partial charge in [-0.1, -0.05) is 54.6 Å². The summed E-state index contributed by atoms with van der Waals surface area (Å²) in [5.41, 5.74) is 9.70. The third-order valence-corrected chi connectivity index (χ3v) is 6.65. The van der Waals surface area contributed by atoms with Crippen molar-refractivity contribution in [2.45, 2.75) is 24.8 Å². The summed E-state index contributed by atoms with van der Waals surface area (Å²) in [5.74, 6) is 0.607. The number of fused-ring (bicyclic) bond motifs is 1. The molecular weight excluding hydrogens is 466 g/mol. The fourth-order valence-electron chi connectivity index (χ4n) is 4.42. The first kappa shape index (κ1) is 24.5. The normalized spacial score (nSPS) is 14.1. The third kappa shape index (κ3) is 4.31. The molecule has 0 spiro atoms. The summed E-state index contributed by atoms with van der Waals surface area (Å²) in [6.07, 6.45) is 3.11. The molecule has 1 saturated carbocycles. The number of hydrogen-bond donors (Lipinski definition) is 3. The van der Waals surface area contributed by atoms with Crippen LogP contribution in [0.4, 0.5) is 5.95 Å². The van der Waals surface area contributed by atoms with Gasteiger partial charge in [0.25, 0.3) is 5.56 Å². The predicted molar refractivity (Wildman–Crippen MR) is 140 cm³/mol. The Morgan fingerprint density at radius 1 is 1.11 bits per heavy atom.